The van der Waals surface area contributed by atoms with Gasteiger partial charge in [0.25, 0.3) is 5.78 Å². The number of nitrogens with zero attached hydrogens (tertiary/aromatic N) is 2. The number of aliphatic hydroxyl groups is 1. The van der Waals surface area contributed by atoms with Crippen LogP contribution >= 0.6 is 33.9 Å². The number of benzene rings is 3. The highest BCUT2D eigenvalue weighted by molar-refractivity contribution is 14.1. The Hall–Kier alpha value is -3.24. The van der Waals surface area contributed by atoms with Crippen LogP contribution in [-0.2, 0) is 9.59 Å². The first-order chi connectivity index (χ1) is 16.9. The van der Waals surface area contributed by atoms with Gasteiger partial charge in [0.15, 0.2) is 5.13 Å². The van der Waals surface area contributed by atoms with Gasteiger partial charge >= 0.3 is 5.91 Å². The number of thiazole rings is 1. The van der Waals surface area contributed by atoms with Crippen LogP contribution in [0.4, 0.5) is 5.13 Å². The Bertz CT molecular complexity index is 1490. The third kappa shape index (κ3) is 4.32. The van der Waals surface area contributed by atoms with Crippen LogP contribution in [0.1, 0.15) is 29.7 Å². The number of anilines is 1. The molecule has 0 radical (unpaired) electrons. The summed E-state index contributed by atoms with van der Waals surface area (Å²) in [5, 5.41) is 11.7. The Morgan fingerprint density at radius 2 is 1.89 bits per heavy atom. The zero-order valence-electron chi connectivity index (χ0n) is 19.0. The van der Waals surface area contributed by atoms with Crippen molar-refractivity contribution in [3.63, 3.8) is 0 Å². The number of hydrogen-bond donors (Lipinski definition) is 1. The first kappa shape index (κ1) is 23.5. The summed E-state index contributed by atoms with van der Waals surface area (Å²) < 4.78 is 7.50. The second-order valence-corrected chi connectivity index (χ2v) is 10.4. The van der Waals surface area contributed by atoms with E-state index >= 15 is 0 Å². The molecule has 5 rings (SSSR count). The van der Waals surface area contributed by atoms with E-state index in [9.17, 15) is 14.7 Å². The Kier molecular flexibility index (Phi) is 6.33. The maximum absolute atomic E-state index is 13.4. The molecule has 1 amide bonds. The van der Waals surface area contributed by atoms with Crippen LogP contribution in [-0.4, -0.2) is 28.4 Å². The van der Waals surface area contributed by atoms with E-state index in [1.165, 1.54) is 16.2 Å². The fourth-order valence-corrected chi connectivity index (χ4v) is 5.62. The molecule has 4 aromatic rings. The van der Waals surface area contributed by atoms with E-state index in [2.05, 4.69) is 27.6 Å². The third-order valence-electron chi connectivity index (χ3n) is 5.79. The lowest BCUT2D eigenvalue weighted by atomic mass is 9.95. The minimum atomic E-state index is -0.815. The number of ketones is 1. The Morgan fingerprint density at radius 3 is 2.63 bits per heavy atom. The number of hydrogen-bond acceptors (Lipinski definition) is 6. The molecular formula is C27H21IN2O4S. The molecule has 1 atom stereocenters. The molecule has 1 fully saturated rings. The van der Waals surface area contributed by atoms with Crippen molar-refractivity contribution in [1.29, 1.82) is 0 Å². The van der Waals surface area contributed by atoms with E-state index < -0.39 is 17.7 Å². The summed E-state index contributed by atoms with van der Waals surface area (Å²) in [6.07, 6.45) is 0. The molecule has 35 heavy (non-hydrogen) atoms. The molecular weight excluding hydrogens is 575 g/mol. The van der Waals surface area contributed by atoms with Crippen LogP contribution in [0.5, 0.6) is 5.75 Å². The summed E-state index contributed by atoms with van der Waals surface area (Å²) >= 11 is 3.55. The van der Waals surface area contributed by atoms with Crippen LogP contribution < -0.4 is 9.64 Å². The van der Waals surface area contributed by atoms with E-state index in [1.807, 2.05) is 56.3 Å². The van der Waals surface area contributed by atoms with Gasteiger partial charge < -0.3 is 9.84 Å². The largest absolute Gasteiger partial charge is 0.507 e. The van der Waals surface area contributed by atoms with Crippen molar-refractivity contribution in [2.75, 3.05) is 11.5 Å². The summed E-state index contributed by atoms with van der Waals surface area (Å²) in [5.41, 5.74) is 2.98. The first-order valence-corrected chi connectivity index (χ1v) is 12.9. The Balaban J connectivity index is 1.71. The smallest absolute Gasteiger partial charge is 0.301 e. The van der Waals surface area contributed by atoms with Gasteiger partial charge in [-0.25, -0.2) is 4.98 Å². The maximum atomic E-state index is 13.4. The van der Waals surface area contributed by atoms with E-state index in [-0.39, 0.29) is 11.3 Å². The number of fused-ring (bicyclic) bond motifs is 1. The van der Waals surface area contributed by atoms with Crippen LogP contribution in [0.3, 0.4) is 0 Å². The average molecular weight is 596 g/mol. The number of ether oxygens (including phenoxy) is 1. The number of amides is 1. The average Bonchev–Trinajstić information content (AvgIpc) is 3.37. The number of halogens is 1. The molecule has 1 N–H and O–H groups in total. The molecule has 8 heteroatoms. The van der Waals surface area contributed by atoms with Gasteiger partial charge in [-0.05, 0) is 84.0 Å². The second kappa shape index (κ2) is 9.43. The summed E-state index contributed by atoms with van der Waals surface area (Å²) in [5.74, 6) is -1.14. The monoisotopic (exact) mass is 596 g/mol. The molecule has 2 heterocycles. The third-order valence-corrected chi connectivity index (χ3v) is 7.52. The highest BCUT2D eigenvalue weighted by atomic mass is 127. The van der Waals surface area contributed by atoms with Crippen LogP contribution in [0.15, 0.2) is 72.3 Å². The van der Waals surface area contributed by atoms with Crippen molar-refractivity contribution in [2.45, 2.75) is 19.9 Å². The predicted octanol–water partition coefficient (Wildman–Crippen LogP) is 6.23. The summed E-state index contributed by atoms with van der Waals surface area (Å²) in [4.78, 5) is 32.8. The lowest BCUT2D eigenvalue weighted by molar-refractivity contribution is -0.132. The minimum absolute atomic E-state index is 0.0280. The molecule has 1 aliphatic rings. The van der Waals surface area contributed by atoms with E-state index in [4.69, 9.17) is 4.74 Å². The van der Waals surface area contributed by atoms with Crippen molar-refractivity contribution in [1.82, 2.24) is 4.98 Å². The molecule has 6 nitrogen and oxygen atoms in total. The molecule has 0 saturated carbocycles. The number of aromatic nitrogens is 1. The van der Waals surface area contributed by atoms with Gasteiger partial charge in [0.2, 0.25) is 0 Å². The molecule has 1 saturated heterocycles. The SMILES string of the molecule is CCOc1cccc(C(O)=C2C(=O)C(=O)N(c3nc4ccc(C)cc4s3)C2c2ccc(I)cc2)c1. The van der Waals surface area contributed by atoms with Crippen molar-refractivity contribution < 1.29 is 19.4 Å². The summed E-state index contributed by atoms with van der Waals surface area (Å²) in [6.45, 7) is 4.33. The van der Waals surface area contributed by atoms with Gasteiger partial charge in [-0.15, -0.1) is 0 Å². The fourth-order valence-electron chi connectivity index (χ4n) is 4.17. The van der Waals surface area contributed by atoms with Gasteiger partial charge in [0, 0.05) is 9.13 Å². The van der Waals surface area contributed by atoms with Crippen LogP contribution in [0.2, 0.25) is 0 Å². The zero-order chi connectivity index (χ0) is 24.7. The molecule has 3 aromatic carbocycles. The van der Waals surface area contributed by atoms with Gasteiger partial charge in [-0.2, -0.15) is 0 Å². The van der Waals surface area contributed by atoms with Crippen molar-refractivity contribution in [2.24, 2.45) is 0 Å². The van der Waals surface area contributed by atoms with E-state index in [1.54, 1.807) is 24.3 Å². The van der Waals surface area contributed by atoms with Crippen molar-refractivity contribution >= 4 is 66.7 Å². The Morgan fingerprint density at radius 1 is 1.11 bits per heavy atom. The first-order valence-electron chi connectivity index (χ1n) is 11.0. The molecule has 0 aliphatic carbocycles. The molecule has 1 aromatic heterocycles. The van der Waals surface area contributed by atoms with E-state index in [0.29, 0.717) is 28.6 Å². The predicted molar refractivity (Wildman–Crippen MR) is 146 cm³/mol. The van der Waals surface area contributed by atoms with Gasteiger partial charge in [-0.3, -0.25) is 14.5 Å². The topological polar surface area (TPSA) is 79.7 Å². The number of carbonyl (C=O) groups is 2. The molecule has 0 spiro atoms. The molecule has 176 valence electrons. The molecule has 0 bridgehead atoms. The van der Waals surface area contributed by atoms with Crippen LogP contribution in [0, 0.1) is 10.5 Å². The number of aliphatic hydroxyl groups excluding tert-OH is 1. The standard InChI is InChI=1S/C27H21IN2O4S/c1-3-34-19-6-4-5-17(14-19)24(31)22-23(16-8-10-18(28)11-9-16)30(26(33)25(22)32)27-29-20-12-7-15(2)13-21(20)35-27/h4-14,23,31H,3H2,1-2H3. The number of carbonyl (C=O) groups excluding carboxylic acids is 2. The quantitative estimate of drug-likeness (QED) is 0.128. The fraction of sp³-hybridized carbons (Fsp3) is 0.148. The number of Topliss-reactive ketones (excluding diaryl/α,β-unsaturated/α-hetero) is 1. The van der Waals surface area contributed by atoms with Gasteiger partial charge in [0.05, 0.1) is 28.4 Å². The highest BCUT2D eigenvalue weighted by Crippen LogP contribution is 2.44. The lowest BCUT2D eigenvalue weighted by Gasteiger charge is -2.23. The normalized spacial score (nSPS) is 17.3. The summed E-state index contributed by atoms with van der Waals surface area (Å²) in [7, 11) is 0. The Labute approximate surface area is 220 Å². The van der Waals surface area contributed by atoms with Gasteiger partial charge in [-0.1, -0.05) is 41.7 Å². The number of aryl methyl sites for hydroxylation is 1. The zero-order valence-corrected chi connectivity index (χ0v) is 22.0. The van der Waals surface area contributed by atoms with E-state index in [0.717, 1.165) is 19.4 Å². The second-order valence-electron chi connectivity index (χ2n) is 8.15. The molecule has 1 unspecified atom stereocenters. The minimum Gasteiger partial charge on any atom is -0.507 e. The maximum Gasteiger partial charge on any atom is 0.301 e. The van der Waals surface area contributed by atoms with Crippen molar-refractivity contribution in [3.8, 4) is 5.75 Å². The van der Waals surface area contributed by atoms with Gasteiger partial charge in [0.1, 0.15) is 11.5 Å². The molecule has 1 aliphatic heterocycles. The van der Waals surface area contributed by atoms with Crippen LogP contribution in [0.25, 0.3) is 16.0 Å². The number of rotatable bonds is 5. The summed E-state index contributed by atoms with van der Waals surface area (Å²) in [6, 6.07) is 19.5. The lowest BCUT2D eigenvalue weighted by Crippen LogP contribution is -2.29. The highest BCUT2D eigenvalue weighted by Gasteiger charge is 2.48. The van der Waals surface area contributed by atoms with Crippen molar-refractivity contribution in [3.05, 3.63) is 92.6 Å².